The van der Waals surface area contributed by atoms with Gasteiger partial charge in [-0.3, -0.25) is 4.79 Å². The minimum atomic E-state index is -0.639. The zero-order valence-corrected chi connectivity index (χ0v) is 16.5. The molecule has 5 nitrogen and oxygen atoms in total. The molecule has 27 heavy (non-hydrogen) atoms. The van der Waals surface area contributed by atoms with Gasteiger partial charge in [0, 0.05) is 35.3 Å². The first kappa shape index (κ1) is 20.8. The molecular weight excluding hydrogens is 389 g/mol. The van der Waals surface area contributed by atoms with E-state index in [0.717, 1.165) is 5.56 Å². The molecule has 0 aliphatic heterocycles. The molecule has 0 unspecified atom stereocenters. The highest BCUT2D eigenvalue weighted by Crippen LogP contribution is 2.22. The highest BCUT2D eigenvalue weighted by molar-refractivity contribution is 6.35. The van der Waals surface area contributed by atoms with E-state index in [1.54, 1.807) is 32.4 Å². The van der Waals surface area contributed by atoms with Crippen LogP contribution in [0.1, 0.15) is 11.1 Å². The van der Waals surface area contributed by atoms with E-state index in [-0.39, 0.29) is 12.5 Å². The molecular formula is C20H19Cl2NO4. The number of ether oxygens (including phenoxy) is 2. The van der Waals surface area contributed by atoms with Crippen molar-refractivity contribution in [3.05, 3.63) is 69.7 Å². The maximum Gasteiger partial charge on any atom is 0.331 e. The fraction of sp³-hybridized carbons (Fsp3) is 0.200. The Balaban J connectivity index is 1.86. The molecule has 1 amide bonds. The van der Waals surface area contributed by atoms with Crippen LogP contribution in [-0.4, -0.2) is 37.5 Å². The minimum absolute atomic E-state index is 0.327. The average molecular weight is 408 g/mol. The molecule has 0 aliphatic rings. The van der Waals surface area contributed by atoms with Crippen molar-refractivity contribution in [1.29, 1.82) is 0 Å². The number of carbonyl (C=O) groups excluding carboxylic acids is 2. The number of esters is 1. The van der Waals surface area contributed by atoms with E-state index in [2.05, 4.69) is 0 Å². The van der Waals surface area contributed by atoms with E-state index < -0.39 is 5.97 Å². The fourth-order valence-corrected chi connectivity index (χ4v) is 2.73. The molecule has 0 saturated carbocycles. The van der Waals surface area contributed by atoms with Crippen LogP contribution in [0.15, 0.2) is 48.5 Å². The smallest absolute Gasteiger partial charge is 0.331 e. The van der Waals surface area contributed by atoms with Crippen molar-refractivity contribution in [3.8, 4) is 5.75 Å². The van der Waals surface area contributed by atoms with Gasteiger partial charge in [-0.15, -0.1) is 0 Å². The van der Waals surface area contributed by atoms with E-state index in [9.17, 15) is 9.59 Å². The summed E-state index contributed by atoms with van der Waals surface area (Å²) in [7, 11) is 3.20. The first-order valence-corrected chi connectivity index (χ1v) is 8.82. The highest BCUT2D eigenvalue weighted by atomic mass is 35.5. The Labute approximate surface area is 168 Å². The van der Waals surface area contributed by atoms with Gasteiger partial charge in [0.1, 0.15) is 5.75 Å². The number of halogens is 2. The number of carbonyl (C=O) groups is 2. The van der Waals surface area contributed by atoms with Crippen LogP contribution in [-0.2, 0) is 20.9 Å². The zero-order valence-electron chi connectivity index (χ0n) is 14.9. The average Bonchev–Trinajstić information content (AvgIpc) is 2.65. The van der Waals surface area contributed by atoms with Gasteiger partial charge in [-0.2, -0.15) is 0 Å². The Morgan fingerprint density at radius 2 is 1.89 bits per heavy atom. The van der Waals surface area contributed by atoms with Crippen molar-refractivity contribution in [1.82, 2.24) is 4.90 Å². The summed E-state index contributed by atoms with van der Waals surface area (Å²) in [6.45, 7) is -0.0141. The van der Waals surface area contributed by atoms with E-state index in [1.807, 2.05) is 24.3 Å². The second kappa shape index (κ2) is 10.00. The summed E-state index contributed by atoms with van der Waals surface area (Å²) in [4.78, 5) is 25.4. The summed E-state index contributed by atoms with van der Waals surface area (Å²) in [6, 6.07) is 12.3. The molecule has 0 N–H and O–H groups in total. The normalized spacial score (nSPS) is 10.7. The van der Waals surface area contributed by atoms with Crippen molar-refractivity contribution in [2.45, 2.75) is 6.54 Å². The fourth-order valence-electron chi connectivity index (χ4n) is 2.26. The molecule has 2 rings (SSSR count). The third-order valence-electron chi connectivity index (χ3n) is 3.73. The van der Waals surface area contributed by atoms with Crippen molar-refractivity contribution in [3.63, 3.8) is 0 Å². The molecule has 7 heteroatoms. The van der Waals surface area contributed by atoms with Gasteiger partial charge in [-0.1, -0.05) is 47.5 Å². The molecule has 0 radical (unpaired) electrons. The molecule has 0 spiro atoms. The summed E-state index contributed by atoms with van der Waals surface area (Å²) < 4.78 is 10.3. The van der Waals surface area contributed by atoms with Gasteiger partial charge in [0.05, 0.1) is 7.11 Å². The van der Waals surface area contributed by atoms with Crippen molar-refractivity contribution in [2.75, 3.05) is 20.8 Å². The first-order chi connectivity index (χ1) is 12.9. The van der Waals surface area contributed by atoms with Crippen molar-refractivity contribution in [2.24, 2.45) is 0 Å². The van der Waals surface area contributed by atoms with Crippen LogP contribution >= 0.6 is 23.2 Å². The lowest BCUT2D eigenvalue weighted by Gasteiger charge is -2.18. The third-order valence-corrected chi connectivity index (χ3v) is 4.29. The number of methoxy groups -OCH3 is 1. The summed E-state index contributed by atoms with van der Waals surface area (Å²) >= 11 is 11.8. The number of likely N-dealkylation sites (N-methyl/N-ethyl adjacent to an activating group) is 1. The van der Waals surface area contributed by atoms with Gasteiger partial charge >= 0.3 is 5.97 Å². The Morgan fingerprint density at radius 1 is 1.15 bits per heavy atom. The lowest BCUT2D eigenvalue weighted by atomic mass is 10.2. The van der Waals surface area contributed by atoms with Crippen molar-refractivity contribution < 1.29 is 19.1 Å². The van der Waals surface area contributed by atoms with Crippen LogP contribution in [0.25, 0.3) is 6.08 Å². The predicted octanol–water partition coefficient (Wildman–Crippen LogP) is 4.22. The van der Waals surface area contributed by atoms with E-state index in [0.29, 0.717) is 27.9 Å². The Hall–Kier alpha value is -2.50. The third kappa shape index (κ3) is 6.31. The van der Waals surface area contributed by atoms with Gasteiger partial charge in [0.25, 0.3) is 5.91 Å². The second-order valence-corrected chi connectivity index (χ2v) is 6.51. The highest BCUT2D eigenvalue weighted by Gasteiger charge is 2.13. The number of benzene rings is 2. The SMILES string of the molecule is COc1ccccc1CN(C)C(=O)COC(=O)/C=C/c1ccc(Cl)cc1Cl. The molecule has 0 fully saturated rings. The number of hydrogen-bond acceptors (Lipinski definition) is 4. The molecule has 0 bridgehead atoms. The number of rotatable bonds is 7. The number of nitrogens with zero attached hydrogens (tertiary/aromatic N) is 1. The summed E-state index contributed by atoms with van der Waals surface area (Å²) in [5, 5.41) is 0.919. The summed E-state index contributed by atoms with van der Waals surface area (Å²) in [5.41, 5.74) is 1.48. The van der Waals surface area contributed by atoms with Crippen LogP contribution < -0.4 is 4.74 Å². The molecule has 0 aromatic heterocycles. The molecule has 0 saturated heterocycles. The van der Waals surface area contributed by atoms with E-state index in [4.69, 9.17) is 32.7 Å². The molecule has 142 valence electrons. The number of hydrogen-bond donors (Lipinski definition) is 0. The standard InChI is InChI=1S/C20H19Cl2NO4/c1-23(12-15-5-3-4-6-18(15)26-2)19(24)13-27-20(25)10-8-14-7-9-16(21)11-17(14)22/h3-11H,12-13H2,1-2H3/b10-8+. The van der Waals surface area contributed by atoms with Crippen LogP contribution in [0.5, 0.6) is 5.75 Å². The minimum Gasteiger partial charge on any atom is -0.496 e. The van der Waals surface area contributed by atoms with Crippen LogP contribution in [0, 0.1) is 0 Å². The van der Waals surface area contributed by atoms with Gasteiger partial charge in [-0.05, 0) is 29.8 Å². The maximum atomic E-state index is 12.2. The molecule has 0 heterocycles. The van der Waals surface area contributed by atoms with Gasteiger partial charge in [0.15, 0.2) is 6.61 Å². The van der Waals surface area contributed by atoms with Crippen LogP contribution in [0.2, 0.25) is 10.0 Å². The van der Waals surface area contributed by atoms with E-state index in [1.165, 1.54) is 17.1 Å². The first-order valence-electron chi connectivity index (χ1n) is 8.06. The Bertz CT molecular complexity index is 852. The molecule has 0 atom stereocenters. The number of para-hydroxylation sites is 1. The molecule has 2 aromatic carbocycles. The number of amides is 1. The van der Waals surface area contributed by atoms with Gasteiger partial charge in [0.2, 0.25) is 0 Å². The predicted molar refractivity (Wildman–Crippen MR) is 106 cm³/mol. The van der Waals surface area contributed by atoms with E-state index >= 15 is 0 Å². The van der Waals surface area contributed by atoms with Crippen molar-refractivity contribution >= 4 is 41.2 Å². The summed E-state index contributed by atoms with van der Waals surface area (Å²) in [5.74, 6) is -0.274. The lowest BCUT2D eigenvalue weighted by molar-refractivity contribution is -0.147. The molecule has 0 aliphatic carbocycles. The quantitative estimate of drug-likeness (QED) is 0.509. The lowest BCUT2D eigenvalue weighted by Crippen LogP contribution is -2.30. The second-order valence-electron chi connectivity index (χ2n) is 5.67. The zero-order chi connectivity index (χ0) is 19.8. The topological polar surface area (TPSA) is 55.8 Å². The van der Waals surface area contributed by atoms with Crippen LogP contribution in [0.3, 0.4) is 0 Å². The summed E-state index contributed by atoms with van der Waals surface area (Å²) in [6.07, 6.45) is 2.71. The van der Waals surface area contributed by atoms with Gasteiger partial charge < -0.3 is 14.4 Å². The maximum absolute atomic E-state index is 12.2. The van der Waals surface area contributed by atoms with Gasteiger partial charge in [-0.25, -0.2) is 4.79 Å². The monoisotopic (exact) mass is 407 g/mol. The molecule has 2 aromatic rings. The largest absolute Gasteiger partial charge is 0.496 e. The Morgan fingerprint density at radius 3 is 2.59 bits per heavy atom. The van der Waals surface area contributed by atoms with Crippen LogP contribution in [0.4, 0.5) is 0 Å². The Kier molecular flexibility index (Phi) is 7.70.